The van der Waals surface area contributed by atoms with Gasteiger partial charge >= 0.3 is 0 Å². The SMILES string of the molecule is N#CCc1ccc(C2CCC(N3CC(N)C3)CC2)cc1. The summed E-state index contributed by atoms with van der Waals surface area (Å²) in [7, 11) is 0. The highest BCUT2D eigenvalue weighted by Crippen LogP contribution is 2.35. The highest BCUT2D eigenvalue weighted by molar-refractivity contribution is 5.27. The summed E-state index contributed by atoms with van der Waals surface area (Å²) >= 11 is 0. The number of hydrogen-bond donors (Lipinski definition) is 1. The fourth-order valence-corrected chi connectivity index (χ4v) is 3.62. The molecule has 0 spiro atoms. The Kier molecular flexibility index (Phi) is 4.05. The summed E-state index contributed by atoms with van der Waals surface area (Å²) in [6, 6.07) is 12.0. The summed E-state index contributed by atoms with van der Waals surface area (Å²) in [6.07, 6.45) is 5.69. The van der Waals surface area contributed by atoms with Crippen molar-refractivity contribution in [2.75, 3.05) is 13.1 Å². The maximum Gasteiger partial charge on any atom is 0.0669 e. The minimum atomic E-state index is 0.417. The maximum absolute atomic E-state index is 8.70. The van der Waals surface area contributed by atoms with Crippen LogP contribution in [0.2, 0.25) is 0 Å². The molecule has 1 aromatic rings. The normalized spacial score (nSPS) is 27.8. The third kappa shape index (κ3) is 2.87. The predicted octanol–water partition coefficient (Wildman–Crippen LogP) is 2.42. The molecule has 3 nitrogen and oxygen atoms in total. The monoisotopic (exact) mass is 269 g/mol. The molecule has 0 amide bonds. The summed E-state index contributed by atoms with van der Waals surface area (Å²) in [5, 5.41) is 8.70. The van der Waals surface area contributed by atoms with E-state index in [0.29, 0.717) is 18.4 Å². The number of nitrogens with zero attached hydrogens (tertiary/aromatic N) is 2. The Balaban J connectivity index is 1.54. The summed E-state index contributed by atoms with van der Waals surface area (Å²) in [5.41, 5.74) is 8.44. The molecule has 1 heterocycles. The lowest BCUT2D eigenvalue weighted by atomic mass is 9.80. The first-order chi connectivity index (χ1) is 9.76. The van der Waals surface area contributed by atoms with Gasteiger partial charge in [0, 0.05) is 25.2 Å². The largest absolute Gasteiger partial charge is 0.325 e. The Hall–Kier alpha value is -1.37. The predicted molar refractivity (Wildman–Crippen MR) is 80.3 cm³/mol. The standard InChI is InChI=1S/C17H23N3/c18-10-9-13-1-3-14(4-2-13)15-5-7-17(8-6-15)20-11-16(19)12-20/h1-4,15-17H,5-9,11-12,19H2. The first-order valence-corrected chi connectivity index (χ1v) is 7.71. The smallest absolute Gasteiger partial charge is 0.0669 e. The van der Waals surface area contributed by atoms with Crippen molar-refractivity contribution in [1.82, 2.24) is 4.90 Å². The van der Waals surface area contributed by atoms with E-state index < -0.39 is 0 Å². The van der Waals surface area contributed by atoms with Crippen LogP contribution in [0.5, 0.6) is 0 Å². The van der Waals surface area contributed by atoms with Gasteiger partial charge in [-0.15, -0.1) is 0 Å². The van der Waals surface area contributed by atoms with Crippen molar-refractivity contribution in [3.8, 4) is 6.07 Å². The van der Waals surface area contributed by atoms with E-state index in [1.165, 1.54) is 31.2 Å². The van der Waals surface area contributed by atoms with E-state index in [4.69, 9.17) is 11.0 Å². The van der Waals surface area contributed by atoms with E-state index in [9.17, 15) is 0 Å². The van der Waals surface area contributed by atoms with E-state index in [2.05, 4.69) is 35.2 Å². The van der Waals surface area contributed by atoms with Crippen molar-refractivity contribution in [2.24, 2.45) is 5.73 Å². The highest BCUT2D eigenvalue weighted by atomic mass is 15.2. The molecular weight excluding hydrogens is 246 g/mol. The molecule has 1 aromatic carbocycles. The molecule has 0 aromatic heterocycles. The average Bonchev–Trinajstić information content (AvgIpc) is 2.46. The van der Waals surface area contributed by atoms with Gasteiger partial charge in [-0.3, -0.25) is 4.90 Å². The molecule has 1 saturated carbocycles. The lowest BCUT2D eigenvalue weighted by Crippen LogP contribution is -2.59. The number of rotatable bonds is 3. The lowest BCUT2D eigenvalue weighted by molar-refractivity contribution is 0.0679. The van der Waals surface area contributed by atoms with E-state index in [1.807, 2.05) is 0 Å². The van der Waals surface area contributed by atoms with Crippen LogP contribution >= 0.6 is 0 Å². The fraction of sp³-hybridized carbons (Fsp3) is 0.588. The minimum Gasteiger partial charge on any atom is -0.325 e. The van der Waals surface area contributed by atoms with Crippen molar-refractivity contribution >= 4 is 0 Å². The quantitative estimate of drug-likeness (QED) is 0.917. The summed E-state index contributed by atoms with van der Waals surface area (Å²) < 4.78 is 0. The van der Waals surface area contributed by atoms with Gasteiger partial charge in [0.2, 0.25) is 0 Å². The summed E-state index contributed by atoms with van der Waals surface area (Å²) in [4.78, 5) is 2.55. The number of likely N-dealkylation sites (tertiary alicyclic amines) is 1. The average molecular weight is 269 g/mol. The highest BCUT2D eigenvalue weighted by Gasteiger charge is 2.32. The second-order valence-electron chi connectivity index (χ2n) is 6.30. The van der Waals surface area contributed by atoms with Gasteiger partial charge in [0.25, 0.3) is 0 Å². The molecule has 1 saturated heterocycles. The van der Waals surface area contributed by atoms with Gasteiger partial charge in [-0.05, 0) is 42.7 Å². The van der Waals surface area contributed by atoms with Crippen molar-refractivity contribution in [1.29, 1.82) is 5.26 Å². The molecule has 3 heteroatoms. The molecule has 0 unspecified atom stereocenters. The molecule has 1 aliphatic carbocycles. The van der Waals surface area contributed by atoms with Crippen LogP contribution in [0.4, 0.5) is 0 Å². The van der Waals surface area contributed by atoms with Gasteiger partial charge < -0.3 is 5.73 Å². The Morgan fingerprint density at radius 3 is 2.30 bits per heavy atom. The van der Waals surface area contributed by atoms with Crippen molar-refractivity contribution in [2.45, 2.75) is 50.1 Å². The van der Waals surface area contributed by atoms with Gasteiger partial charge in [-0.2, -0.15) is 5.26 Å². The van der Waals surface area contributed by atoms with Crippen LogP contribution in [0.25, 0.3) is 0 Å². The Labute approximate surface area is 121 Å². The van der Waals surface area contributed by atoms with Gasteiger partial charge in [0.15, 0.2) is 0 Å². The van der Waals surface area contributed by atoms with Crippen molar-refractivity contribution < 1.29 is 0 Å². The fourth-order valence-electron chi connectivity index (χ4n) is 3.62. The van der Waals surface area contributed by atoms with Gasteiger partial charge in [0.1, 0.15) is 0 Å². The summed E-state index contributed by atoms with van der Waals surface area (Å²) in [6.45, 7) is 2.19. The third-order valence-corrected chi connectivity index (χ3v) is 4.89. The molecule has 3 rings (SSSR count). The maximum atomic E-state index is 8.70. The number of nitriles is 1. The third-order valence-electron chi connectivity index (χ3n) is 4.89. The van der Waals surface area contributed by atoms with Crippen molar-refractivity contribution in [3.05, 3.63) is 35.4 Å². The van der Waals surface area contributed by atoms with Gasteiger partial charge in [-0.25, -0.2) is 0 Å². The van der Waals surface area contributed by atoms with Crippen LogP contribution in [-0.4, -0.2) is 30.1 Å². The molecule has 2 aliphatic rings. The molecule has 20 heavy (non-hydrogen) atoms. The Morgan fingerprint density at radius 2 is 1.75 bits per heavy atom. The molecule has 2 N–H and O–H groups in total. The Morgan fingerprint density at radius 1 is 1.10 bits per heavy atom. The molecular formula is C17H23N3. The van der Waals surface area contributed by atoms with Crippen molar-refractivity contribution in [3.63, 3.8) is 0 Å². The van der Waals surface area contributed by atoms with Gasteiger partial charge in [-0.1, -0.05) is 24.3 Å². The second kappa shape index (κ2) is 5.95. The van der Waals surface area contributed by atoms with Crippen LogP contribution in [-0.2, 0) is 6.42 Å². The second-order valence-corrected chi connectivity index (χ2v) is 6.30. The molecule has 1 aliphatic heterocycles. The molecule has 0 bridgehead atoms. The zero-order valence-electron chi connectivity index (χ0n) is 12.0. The van der Waals surface area contributed by atoms with E-state index >= 15 is 0 Å². The minimum absolute atomic E-state index is 0.417. The molecule has 106 valence electrons. The topological polar surface area (TPSA) is 53.0 Å². The summed E-state index contributed by atoms with van der Waals surface area (Å²) in [5.74, 6) is 0.706. The Bertz CT molecular complexity index is 474. The van der Waals surface area contributed by atoms with E-state index in [0.717, 1.165) is 24.7 Å². The van der Waals surface area contributed by atoms with E-state index in [1.54, 1.807) is 0 Å². The molecule has 0 radical (unpaired) electrons. The van der Waals surface area contributed by atoms with Crippen LogP contribution in [0.3, 0.4) is 0 Å². The zero-order valence-corrected chi connectivity index (χ0v) is 12.0. The van der Waals surface area contributed by atoms with Crippen LogP contribution in [0.1, 0.15) is 42.7 Å². The number of benzene rings is 1. The van der Waals surface area contributed by atoms with Crippen LogP contribution in [0.15, 0.2) is 24.3 Å². The van der Waals surface area contributed by atoms with Crippen LogP contribution < -0.4 is 5.73 Å². The lowest BCUT2D eigenvalue weighted by Gasteiger charge is -2.45. The number of nitrogens with two attached hydrogens (primary N) is 1. The first-order valence-electron chi connectivity index (χ1n) is 7.71. The molecule has 2 fully saturated rings. The van der Waals surface area contributed by atoms with E-state index in [-0.39, 0.29) is 0 Å². The number of hydrogen-bond acceptors (Lipinski definition) is 3. The van der Waals surface area contributed by atoms with Gasteiger partial charge in [0.05, 0.1) is 12.5 Å². The molecule has 0 atom stereocenters. The first kappa shape index (κ1) is 13.6. The zero-order chi connectivity index (χ0) is 13.9. The van der Waals surface area contributed by atoms with Crippen LogP contribution in [0, 0.1) is 11.3 Å².